The van der Waals surface area contributed by atoms with Gasteiger partial charge in [-0.25, -0.2) is 9.37 Å². The van der Waals surface area contributed by atoms with Gasteiger partial charge in [0, 0.05) is 61.8 Å². The highest BCUT2D eigenvalue weighted by atomic mass is 19.1. The fourth-order valence-corrected chi connectivity index (χ4v) is 7.53. The first-order chi connectivity index (χ1) is 22.1. The number of hydrogen-bond donors (Lipinski definition) is 0. The zero-order valence-electron chi connectivity index (χ0n) is 26.8. The van der Waals surface area contributed by atoms with Crippen LogP contribution in [0.2, 0.25) is 0 Å². The van der Waals surface area contributed by atoms with Gasteiger partial charge >= 0.3 is 0 Å². The first kappa shape index (κ1) is 31.3. The Morgan fingerprint density at radius 2 is 1.96 bits per heavy atom. The molecule has 3 aliphatic rings. The fraction of sp³-hybridized carbons (Fsp3) is 0.444. The average Bonchev–Trinajstić information content (AvgIpc) is 3.32. The lowest BCUT2D eigenvalue weighted by Gasteiger charge is -2.43. The van der Waals surface area contributed by atoms with Crippen molar-refractivity contribution in [3.8, 4) is 18.0 Å². The Hall–Kier alpha value is -4.67. The summed E-state index contributed by atoms with van der Waals surface area (Å²) in [6.07, 6.45) is 2.45. The van der Waals surface area contributed by atoms with Crippen molar-refractivity contribution in [1.82, 2.24) is 14.8 Å². The topological polar surface area (TPSA) is 99.7 Å². The molecule has 4 heterocycles. The molecule has 0 aliphatic carbocycles. The molecule has 0 radical (unpaired) electrons. The van der Waals surface area contributed by atoms with Crippen LogP contribution in [0.25, 0.3) is 10.8 Å². The number of rotatable bonds is 7. The molecule has 2 saturated heterocycles. The van der Waals surface area contributed by atoms with E-state index in [9.17, 15) is 19.7 Å². The molecule has 9 nitrogen and oxygen atoms in total. The molecule has 0 bridgehead atoms. The molecule has 1 aromatic heterocycles. The Bertz CT molecular complexity index is 1750. The second-order valence-corrected chi connectivity index (χ2v) is 13.0. The van der Waals surface area contributed by atoms with Gasteiger partial charge in [-0.15, -0.1) is 0 Å². The number of anilines is 2. The van der Waals surface area contributed by atoms with Gasteiger partial charge in [-0.1, -0.05) is 36.9 Å². The first-order valence-electron chi connectivity index (χ1n) is 15.9. The number of fused-ring (bicyclic) bond motifs is 2. The molecule has 0 saturated carbocycles. The number of halogens is 1. The van der Waals surface area contributed by atoms with Crippen LogP contribution in [-0.4, -0.2) is 84.8 Å². The number of likely N-dealkylation sites (tertiary alicyclic amines) is 1. The third-order valence-electron chi connectivity index (χ3n) is 9.70. The molecule has 46 heavy (non-hydrogen) atoms. The molecular weight excluding hydrogens is 581 g/mol. The maximum absolute atomic E-state index is 14.8. The standard InChI is InChI=1S/C36H40FN7O2/c1-5-32(45)44-17-16-43(20-26(44)12-14-38)34-28-13-15-42(31-11-7-10-25-9-6-8-24(2)33(25)31)21-30(28)40-35(29(34)19-39)46-22-27-18-36(3,37)23-41(27)4/h5-11,26-27H,1,12-13,15-18,20-23H2,2-4H3/t26-,27-,36?/m0/s1. The van der Waals surface area contributed by atoms with Gasteiger partial charge < -0.3 is 19.4 Å². The molecule has 238 valence electrons. The highest BCUT2D eigenvalue weighted by Gasteiger charge is 2.40. The van der Waals surface area contributed by atoms with Crippen molar-refractivity contribution in [1.29, 1.82) is 10.5 Å². The van der Waals surface area contributed by atoms with Gasteiger partial charge in [-0.05, 0) is 50.4 Å². The highest BCUT2D eigenvalue weighted by molar-refractivity contribution is 5.97. The van der Waals surface area contributed by atoms with E-state index in [2.05, 4.69) is 71.8 Å². The number of benzene rings is 2. The van der Waals surface area contributed by atoms with Crippen LogP contribution in [0.4, 0.5) is 15.8 Å². The summed E-state index contributed by atoms with van der Waals surface area (Å²) in [6, 6.07) is 16.8. The van der Waals surface area contributed by atoms with Crippen molar-refractivity contribution in [2.75, 3.05) is 56.2 Å². The van der Waals surface area contributed by atoms with Crippen molar-refractivity contribution in [2.45, 2.75) is 57.4 Å². The molecule has 1 amide bonds. The second kappa shape index (κ2) is 12.6. The lowest BCUT2D eigenvalue weighted by molar-refractivity contribution is -0.128. The molecule has 10 heteroatoms. The van der Waals surface area contributed by atoms with E-state index >= 15 is 0 Å². The van der Waals surface area contributed by atoms with Gasteiger partial charge in [0.1, 0.15) is 23.9 Å². The lowest BCUT2D eigenvalue weighted by atomic mass is 9.95. The molecule has 3 atom stereocenters. The summed E-state index contributed by atoms with van der Waals surface area (Å²) in [5.41, 5.74) is 3.97. The Kier molecular flexibility index (Phi) is 8.59. The van der Waals surface area contributed by atoms with Crippen LogP contribution in [-0.2, 0) is 17.8 Å². The van der Waals surface area contributed by atoms with E-state index < -0.39 is 5.67 Å². The minimum atomic E-state index is -1.30. The summed E-state index contributed by atoms with van der Waals surface area (Å²) in [6.45, 7) is 10.5. The average molecular weight is 622 g/mol. The van der Waals surface area contributed by atoms with Crippen LogP contribution in [0.5, 0.6) is 5.88 Å². The zero-order chi connectivity index (χ0) is 32.6. The quantitative estimate of drug-likeness (QED) is 0.344. The number of aromatic nitrogens is 1. The fourth-order valence-electron chi connectivity index (χ4n) is 7.53. The SMILES string of the molecule is C=CC(=O)N1CCN(c2c(C#N)c(OC[C@@H]3CC(C)(F)CN3C)nc3c2CCN(c2cccc4cccc(C)c24)C3)C[C@@H]1CC#N. The minimum Gasteiger partial charge on any atom is -0.475 e. The third-order valence-corrected chi connectivity index (χ3v) is 9.70. The molecular formula is C36H40FN7O2. The number of ether oxygens (including phenoxy) is 1. The van der Waals surface area contributed by atoms with Crippen molar-refractivity contribution < 1.29 is 13.9 Å². The number of carbonyl (C=O) groups is 1. The van der Waals surface area contributed by atoms with Crippen molar-refractivity contribution in [2.24, 2.45) is 0 Å². The molecule has 6 rings (SSSR count). The van der Waals surface area contributed by atoms with Gasteiger partial charge in [0.25, 0.3) is 0 Å². The number of amides is 1. The second-order valence-electron chi connectivity index (χ2n) is 13.0. The molecule has 1 unspecified atom stereocenters. The predicted octanol–water partition coefficient (Wildman–Crippen LogP) is 4.91. The van der Waals surface area contributed by atoms with Gasteiger partial charge in [0.15, 0.2) is 0 Å². The molecule has 3 aliphatic heterocycles. The van der Waals surface area contributed by atoms with Gasteiger partial charge in [0.05, 0.1) is 36.5 Å². The van der Waals surface area contributed by atoms with Crippen LogP contribution in [0.15, 0.2) is 49.1 Å². The number of pyridine rings is 1. The number of nitriles is 2. The van der Waals surface area contributed by atoms with Crippen molar-refractivity contribution >= 4 is 28.1 Å². The summed E-state index contributed by atoms with van der Waals surface area (Å²) >= 11 is 0. The van der Waals surface area contributed by atoms with Gasteiger partial charge in [-0.2, -0.15) is 10.5 Å². The number of likely N-dealkylation sites (N-methyl/N-ethyl adjacent to an activating group) is 1. The summed E-state index contributed by atoms with van der Waals surface area (Å²) in [7, 11) is 1.89. The number of alkyl halides is 1. The summed E-state index contributed by atoms with van der Waals surface area (Å²) in [4.78, 5) is 25.7. The molecule has 3 aromatic rings. The smallest absolute Gasteiger partial charge is 0.246 e. The van der Waals surface area contributed by atoms with Crippen LogP contribution in [0.1, 0.15) is 42.1 Å². The van der Waals surface area contributed by atoms with E-state index in [4.69, 9.17) is 9.72 Å². The maximum Gasteiger partial charge on any atom is 0.246 e. The number of nitrogens with zero attached hydrogens (tertiary/aromatic N) is 7. The predicted molar refractivity (Wildman–Crippen MR) is 177 cm³/mol. The van der Waals surface area contributed by atoms with Crippen LogP contribution in [0.3, 0.4) is 0 Å². The number of carbonyl (C=O) groups excluding carboxylic acids is 1. The first-order valence-corrected chi connectivity index (χ1v) is 15.9. The Labute approximate surface area is 270 Å². The number of hydrogen-bond acceptors (Lipinski definition) is 8. The summed E-state index contributed by atoms with van der Waals surface area (Å²) in [5, 5.41) is 22.6. The van der Waals surface area contributed by atoms with E-state index in [0.29, 0.717) is 51.1 Å². The zero-order valence-corrected chi connectivity index (χ0v) is 26.8. The van der Waals surface area contributed by atoms with Crippen molar-refractivity contribution in [3.05, 3.63) is 71.4 Å². The number of aryl methyl sites for hydroxylation is 1. The molecule has 0 N–H and O–H groups in total. The van der Waals surface area contributed by atoms with Crippen LogP contribution >= 0.6 is 0 Å². The normalized spacial score (nSPS) is 23.1. The Balaban J connectivity index is 1.40. The molecule has 0 spiro atoms. The molecule has 2 fully saturated rings. The Morgan fingerprint density at radius 1 is 1.17 bits per heavy atom. The van der Waals surface area contributed by atoms with E-state index in [1.165, 1.54) is 22.4 Å². The molecule has 2 aromatic carbocycles. The van der Waals surface area contributed by atoms with E-state index in [0.717, 1.165) is 29.2 Å². The van der Waals surface area contributed by atoms with Crippen LogP contribution in [0, 0.1) is 29.6 Å². The van der Waals surface area contributed by atoms with Crippen molar-refractivity contribution in [3.63, 3.8) is 0 Å². The van der Waals surface area contributed by atoms with Crippen LogP contribution < -0.4 is 14.5 Å². The van der Waals surface area contributed by atoms with Gasteiger partial charge in [0.2, 0.25) is 11.8 Å². The summed E-state index contributed by atoms with van der Waals surface area (Å²) in [5.74, 6) is 0.0391. The van der Waals surface area contributed by atoms with E-state index in [-0.39, 0.29) is 36.9 Å². The summed E-state index contributed by atoms with van der Waals surface area (Å²) < 4.78 is 21.2. The number of piperazine rings is 1. The largest absolute Gasteiger partial charge is 0.475 e. The monoisotopic (exact) mass is 621 g/mol. The third kappa shape index (κ3) is 5.86. The van der Waals surface area contributed by atoms with E-state index in [1.807, 2.05) is 11.9 Å². The van der Waals surface area contributed by atoms with Gasteiger partial charge in [-0.3, -0.25) is 9.69 Å². The Morgan fingerprint density at radius 3 is 2.65 bits per heavy atom. The lowest BCUT2D eigenvalue weighted by Crippen LogP contribution is -2.55. The van der Waals surface area contributed by atoms with E-state index in [1.54, 1.807) is 11.8 Å². The highest BCUT2D eigenvalue weighted by Crippen LogP contribution is 2.40. The maximum atomic E-state index is 14.8. The minimum absolute atomic E-state index is 0.147.